The van der Waals surface area contributed by atoms with E-state index in [-0.39, 0.29) is 27.5 Å². The lowest BCUT2D eigenvalue weighted by Gasteiger charge is -2.06. The Bertz CT molecular complexity index is 608. The van der Waals surface area contributed by atoms with E-state index in [0.29, 0.717) is 17.4 Å². The van der Waals surface area contributed by atoms with E-state index in [0.717, 1.165) is 0 Å². The van der Waals surface area contributed by atoms with Gasteiger partial charge in [-0.15, -0.1) is 0 Å². The maximum Gasteiger partial charge on any atom is 0.162 e. The van der Waals surface area contributed by atoms with Crippen LogP contribution in [0.1, 0.15) is 15.9 Å². The van der Waals surface area contributed by atoms with E-state index in [1.54, 1.807) is 6.92 Å². The highest BCUT2D eigenvalue weighted by Gasteiger charge is 2.13. The van der Waals surface area contributed by atoms with Crippen LogP contribution in [0.15, 0.2) is 18.2 Å². The Morgan fingerprint density at radius 1 is 1.22 bits per heavy atom. The van der Waals surface area contributed by atoms with Gasteiger partial charge in [0.2, 0.25) is 0 Å². The zero-order chi connectivity index (χ0) is 13.3. The summed E-state index contributed by atoms with van der Waals surface area (Å²) in [5.41, 5.74) is 1.31. The highest BCUT2D eigenvalue weighted by atomic mass is 35.5. The van der Waals surface area contributed by atoms with Crippen LogP contribution in [0.5, 0.6) is 0 Å². The lowest BCUT2D eigenvalue weighted by atomic mass is 10.1. The Labute approximate surface area is 113 Å². The minimum Gasteiger partial charge on any atom is -0.298 e. The van der Waals surface area contributed by atoms with E-state index in [1.165, 1.54) is 18.2 Å². The SMILES string of the molecule is Cc1cc(F)ccc1-c1nc(Cl)c(C=O)c(Cl)n1. The molecule has 6 heteroatoms. The number of aldehydes is 1. The second-order valence-electron chi connectivity index (χ2n) is 3.62. The monoisotopic (exact) mass is 284 g/mol. The van der Waals surface area contributed by atoms with Crippen LogP contribution in [-0.4, -0.2) is 16.3 Å². The molecule has 1 heterocycles. The molecule has 0 unspecified atom stereocenters. The van der Waals surface area contributed by atoms with Crippen LogP contribution in [0.4, 0.5) is 4.39 Å². The van der Waals surface area contributed by atoms with E-state index in [9.17, 15) is 9.18 Å². The van der Waals surface area contributed by atoms with E-state index in [4.69, 9.17) is 23.2 Å². The first-order valence-corrected chi connectivity index (χ1v) is 5.73. The molecular weight excluding hydrogens is 278 g/mol. The molecule has 0 saturated carbocycles. The Hall–Kier alpha value is -1.52. The summed E-state index contributed by atoms with van der Waals surface area (Å²) in [6.45, 7) is 1.72. The van der Waals surface area contributed by atoms with Gasteiger partial charge in [0.1, 0.15) is 16.1 Å². The van der Waals surface area contributed by atoms with Crippen molar-refractivity contribution < 1.29 is 9.18 Å². The summed E-state index contributed by atoms with van der Waals surface area (Å²) >= 11 is 11.7. The molecule has 92 valence electrons. The molecule has 0 aliphatic rings. The third-order valence-corrected chi connectivity index (χ3v) is 2.98. The molecule has 0 saturated heterocycles. The lowest BCUT2D eigenvalue weighted by molar-refractivity contribution is 0.112. The quantitative estimate of drug-likeness (QED) is 0.624. The molecule has 0 amide bonds. The highest BCUT2D eigenvalue weighted by molar-refractivity contribution is 6.37. The van der Waals surface area contributed by atoms with Gasteiger partial charge in [-0.05, 0) is 30.7 Å². The number of hydrogen-bond acceptors (Lipinski definition) is 3. The molecule has 2 aromatic rings. The Kier molecular flexibility index (Phi) is 3.59. The third-order valence-electron chi connectivity index (χ3n) is 2.40. The van der Waals surface area contributed by atoms with E-state index >= 15 is 0 Å². The molecular formula is C12H7Cl2FN2O. The second kappa shape index (κ2) is 5.00. The van der Waals surface area contributed by atoms with Gasteiger partial charge in [-0.2, -0.15) is 0 Å². The number of hydrogen-bond donors (Lipinski definition) is 0. The van der Waals surface area contributed by atoms with Gasteiger partial charge in [0, 0.05) is 5.56 Å². The predicted octanol–water partition coefficient (Wildman–Crippen LogP) is 3.71. The summed E-state index contributed by atoms with van der Waals surface area (Å²) in [5.74, 6) is -0.0916. The van der Waals surface area contributed by atoms with Crippen molar-refractivity contribution in [1.29, 1.82) is 0 Å². The molecule has 2 rings (SSSR count). The fourth-order valence-electron chi connectivity index (χ4n) is 1.51. The normalized spacial score (nSPS) is 10.4. The number of benzene rings is 1. The largest absolute Gasteiger partial charge is 0.298 e. The van der Waals surface area contributed by atoms with Crippen molar-refractivity contribution in [3.8, 4) is 11.4 Å². The van der Waals surface area contributed by atoms with Gasteiger partial charge in [0.25, 0.3) is 0 Å². The third kappa shape index (κ3) is 2.35. The molecule has 0 fully saturated rings. The zero-order valence-electron chi connectivity index (χ0n) is 9.25. The first-order chi connectivity index (χ1) is 8.52. The Balaban J connectivity index is 2.61. The lowest BCUT2D eigenvalue weighted by Crippen LogP contribution is -1.98. The molecule has 1 aromatic carbocycles. The standard InChI is InChI=1S/C12H7Cl2FN2O/c1-6-4-7(15)2-3-8(6)12-16-10(13)9(5-18)11(14)17-12/h2-5H,1H3. The summed E-state index contributed by atoms with van der Waals surface area (Å²) in [5, 5.41) is -0.0487. The number of carbonyl (C=O) groups excluding carboxylic acids is 1. The summed E-state index contributed by atoms with van der Waals surface area (Å²) in [6.07, 6.45) is 0.492. The Morgan fingerprint density at radius 2 is 1.83 bits per heavy atom. The fourth-order valence-corrected chi connectivity index (χ4v) is 1.99. The molecule has 0 aliphatic heterocycles. The smallest absolute Gasteiger partial charge is 0.162 e. The van der Waals surface area contributed by atoms with E-state index < -0.39 is 0 Å². The molecule has 18 heavy (non-hydrogen) atoms. The minimum absolute atomic E-state index is 0.0243. The van der Waals surface area contributed by atoms with Gasteiger partial charge in [-0.25, -0.2) is 14.4 Å². The van der Waals surface area contributed by atoms with Crippen LogP contribution in [0.2, 0.25) is 10.3 Å². The second-order valence-corrected chi connectivity index (χ2v) is 4.34. The number of aryl methyl sites for hydroxylation is 1. The van der Waals surface area contributed by atoms with Crippen molar-refractivity contribution in [3.05, 3.63) is 45.4 Å². The van der Waals surface area contributed by atoms with Gasteiger partial charge in [0.15, 0.2) is 12.1 Å². The zero-order valence-corrected chi connectivity index (χ0v) is 10.8. The van der Waals surface area contributed by atoms with Crippen LogP contribution in [0.3, 0.4) is 0 Å². The predicted molar refractivity (Wildman–Crippen MR) is 67.6 cm³/mol. The number of rotatable bonds is 2. The average molecular weight is 285 g/mol. The molecule has 3 nitrogen and oxygen atoms in total. The van der Waals surface area contributed by atoms with Gasteiger partial charge in [-0.1, -0.05) is 23.2 Å². The first kappa shape index (κ1) is 12.9. The van der Waals surface area contributed by atoms with Crippen LogP contribution < -0.4 is 0 Å². The summed E-state index contributed by atoms with van der Waals surface area (Å²) in [6, 6.07) is 4.18. The molecule has 1 aromatic heterocycles. The fraction of sp³-hybridized carbons (Fsp3) is 0.0833. The molecule has 0 atom stereocenters. The molecule has 0 spiro atoms. The van der Waals surface area contributed by atoms with Gasteiger partial charge in [-0.3, -0.25) is 4.79 Å². The molecule has 0 aliphatic carbocycles. The maximum atomic E-state index is 13.0. The summed E-state index contributed by atoms with van der Waals surface area (Å²) in [7, 11) is 0. The molecule has 0 radical (unpaired) electrons. The van der Waals surface area contributed by atoms with Crippen molar-refractivity contribution in [3.63, 3.8) is 0 Å². The van der Waals surface area contributed by atoms with Crippen LogP contribution >= 0.6 is 23.2 Å². The van der Waals surface area contributed by atoms with E-state index in [2.05, 4.69) is 9.97 Å². The number of carbonyl (C=O) groups is 1. The molecule has 0 bridgehead atoms. The number of nitrogens with zero attached hydrogens (tertiary/aromatic N) is 2. The summed E-state index contributed by atoms with van der Waals surface area (Å²) < 4.78 is 13.0. The average Bonchev–Trinajstić information content (AvgIpc) is 2.28. The van der Waals surface area contributed by atoms with Crippen LogP contribution in [0.25, 0.3) is 11.4 Å². The van der Waals surface area contributed by atoms with Crippen LogP contribution in [-0.2, 0) is 0 Å². The summed E-state index contributed by atoms with van der Waals surface area (Å²) in [4.78, 5) is 18.7. The van der Waals surface area contributed by atoms with Crippen molar-refractivity contribution in [2.45, 2.75) is 6.92 Å². The van der Waals surface area contributed by atoms with Crippen molar-refractivity contribution in [2.75, 3.05) is 0 Å². The van der Waals surface area contributed by atoms with Crippen molar-refractivity contribution in [2.24, 2.45) is 0 Å². The first-order valence-electron chi connectivity index (χ1n) is 4.97. The number of halogens is 3. The van der Waals surface area contributed by atoms with Crippen LogP contribution in [0, 0.1) is 12.7 Å². The molecule has 0 N–H and O–H groups in total. The Morgan fingerprint density at radius 3 is 2.33 bits per heavy atom. The van der Waals surface area contributed by atoms with Gasteiger partial charge >= 0.3 is 0 Å². The maximum absolute atomic E-state index is 13.0. The van der Waals surface area contributed by atoms with Gasteiger partial charge < -0.3 is 0 Å². The topological polar surface area (TPSA) is 42.9 Å². The van der Waals surface area contributed by atoms with E-state index in [1.807, 2.05) is 0 Å². The van der Waals surface area contributed by atoms with Gasteiger partial charge in [0.05, 0.1) is 5.56 Å². The van der Waals surface area contributed by atoms with Crippen molar-refractivity contribution in [1.82, 2.24) is 9.97 Å². The minimum atomic E-state index is -0.349. The number of aromatic nitrogens is 2. The van der Waals surface area contributed by atoms with Crippen molar-refractivity contribution >= 4 is 29.5 Å². The highest BCUT2D eigenvalue weighted by Crippen LogP contribution is 2.26.